The molecule has 1 fully saturated rings. The molecule has 0 aliphatic carbocycles. The number of nitrogens with one attached hydrogen (secondary N) is 1. The Kier molecular flexibility index (Phi) is 2.17. The van der Waals surface area contributed by atoms with Gasteiger partial charge in [0.1, 0.15) is 0 Å². The highest BCUT2D eigenvalue weighted by molar-refractivity contribution is 5.60. The quantitative estimate of drug-likeness (QED) is 0.689. The maximum atomic E-state index is 3.53. The average molecular weight is 202 g/mol. The van der Waals surface area contributed by atoms with Crippen LogP contribution in [0, 0.1) is 6.92 Å². The van der Waals surface area contributed by atoms with E-state index in [9.17, 15) is 0 Å². The highest BCUT2D eigenvalue weighted by Crippen LogP contribution is 2.33. The topological polar surface area (TPSA) is 15.3 Å². The fourth-order valence-electron chi connectivity index (χ4n) is 2.85. The van der Waals surface area contributed by atoms with E-state index >= 15 is 0 Å². The van der Waals surface area contributed by atoms with Crippen molar-refractivity contribution in [2.75, 3.05) is 24.5 Å². The normalized spacial score (nSPS) is 24.6. The number of rotatable bonds is 0. The van der Waals surface area contributed by atoms with Gasteiger partial charge in [0.15, 0.2) is 0 Å². The van der Waals surface area contributed by atoms with Crippen LogP contribution in [0.1, 0.15) is 17.5 Å². The van der Waals surface area contributed by atoms with E-state index in [4.69, 9.17) is 0 Å². The van der Waals surface area contributed by atoms with Crippen molar-refractivity contribution in [3.05, 3.63) is 29.3 Å². The Morgan fingerprint density at radius 3 is 3.27 bits per heavy atom. The molecule has 2 aliphatic heterocycles. The number of anilines is 1. The molecule has 2 heteroatoms. The van der Waals surface area contributed by atoms with Crippen LogP contribution in [0.4, 0.5) is 5.69 Å². The standard InChI is InChI=1S/C13H18N2/c1-10-3-4-13-11(7-10)8-12-9-14-5-2-6-15(12)13/h3-4,7,12,14H,2,5-6,8-9H2,1H3. The SMILES string of the molecule is Cc1ccc2c(c1)CC1CNCCCN21. The van der Waals surface area contributed by atoms with Gasteiger partial charge in [-0.05, 0) is 37.9 Å². The number of benzene rings is 1. The zero-order valence-electron chi connectivity index (χ0n) is 9.29. The maximum Gasteiger partial charge on any atom is 0.0455 e. The molecule has 15 heavy (non-hydrogen) atoms. The molecule has 1 saturated heterocycles. The van der Waals surface area contributed by atoms with E-state index in [1.54, 1.807) is 5.56 Å². The van der Waals surface area contributed by atoms with E-state index in [2.05, 4.69) is 35.3 Å². The summed E-state index contributed by atoms with van der Waals surface area (Å²) in [6, 6.07) is 7.59. The lowest BCUT2D eigenvalue weighted by Crippen LogP contribution is -2.36. The summed E-state index contributed by atoms with van der Waals surface area (Å²) in [6.45, 7) is 5.72. The minimum Gasteiger partial charge on any atom is -0.367 e. The van der Waals surface area contributed by atoms with Crippen molar-refractivity contribution in [3.63, 3.8) is 0 Å². The Bertz CT molecular complexity index is 373. The van der Waals surface area contributed by atoms with Gasteiger partial charge in [0.25, 0.3) is 0 Å². The van der Waals surface area contributed by atoms with Crippen molar-refractivity contribution < 1.29 is 0 Å². The summed E-state index contributed by atoms with van der Waals surface area (Å²) in [7, 11) is 0. The first-order chi connectivity index (χ1) is 7.34. The summed E-state index contributed by atoms with van der Waals surface area (Å²) in [5.74, 6) is 0. The van der Waals surface area contributed by atoms with Gasteiger partial charge in [-0.1, -0.05) is 17.7 Å². The summed E-state index contributed by atoms with van der Waals surface area (Å²) in [4.78, 5) is 2.59. The maximum absolute atomic E-state index is 3.53. The minimum absolute atomic E-state index is 0.698. The fraction of sp³-hybridized carbons (Fsp3) is 0.538. The third-order valence-corrected chi connectivity index (χ3v) is 3.57. The molecule has 1 aromatic carbocycles. The van der Waals surface area contributed by atoms with Gasteiger partial charge >= 0.3 is 0 Å². The third kappa shape index (κ3) is 1.53. The Morgan fingerprint density at radius 2 is 2.33 bits per heavy atom. The van der Waals surface area contributed by atoms with Crippen LogP contribution in [0.2, 0.25) is 0 Å². The van der Waals surface area contributed by atoms with Crippen LogP contribution in [0.3, 0.4) is 0 Å². The van der Waals surface area contributed by atoms with Crippen LogP contribution in [0.25, 0.3) is 0 Å². The highest BCUT2D eigenvalue weighted by atomic mass is 15.2. The van der Waals surface area contributed by atoms with Gasteiger partial charge in [-0.3, -0.25) is 0 Å². The number of aryl methyl sites for hydroxylation is 1. The summed E-state index contributed by atoms with van der Waals surface area (Å²) in [5, 5.41) is 3.53. The fourth-order valence-corrected chi connectivity index (χ4v) is 2.85. The number of fused-ring (bicyclic) bond motifs is 3. The monoisotopic (exact) mass is 202 g/mol. The van der Waals surface area contributed by atoms with Gasteiger partial charge in [0.05, 0.1) is 0 Å². The van der Waals surface area contributed by atoms with Gasteiger partial charge in [-0.15, -0.1) is 0 Å². The Labute approximate surface area is 91.3 Å². The lowest BCUT2D eigenvalue weighted by molar-refractivity contribution is 0.613. The molecule has 80 valence electrons. The molecule has 3 rings (SSSR count). The van der Waals surface area contributed by atoms with E-state index < -0.39 is 0 Å². The molecule has 0 bridgehead atoms. The van der Waals surface area contributed by atoms with Gasteiger partial charge in [0, 0.05) is 24.8 Å². The molecule has 1 aromatic rings. The highest BCUT2D eigenvalue weighted by Gasteiger charge is 2.29. The number of hydrogen-bond acceptors (Lipinski definition) is 2. The second-order valence-electron chi connectivity index (χ2n) is 4.74. The molecule has 0 saturated carbocycles. The van der Waals surface area contributed by atoms with Crippen LogP contribution in [-0.2, 0) is 6.42 Å². The van der Waals surface area contributed by atoms with Gasteiger partial charge in [-0.25, -0.2) is 0 Å². The molecule has 2 heterocycles. The van der Waals surface area contributed by atoms with Gasteiger partial charge in [0.2, 0.25) is 0 Å². The van der Waals surface area contributed by atoms with E-state index in [0.717, 1.165) is 6.54 Å². The number of hydrogen-bond donors (Lipinski definition) is 1. The summed E-state index contributed by atoms with van der Waals surface area (Å²) >= 11 is 0. The second kappa shape index (κ2) is 3.53. The molecule has 2 nitrogen and oxygen atoms in total. The first-order valence-electron chi connectivity index (χ1n) is 5.91. The van der Waals surface area contributed by atoms with Gasteiger partial charge in [-0.2, -0.15) is 0 Å². The summed E-state index contributed by atoms with van der Waals surface area (Å²) in [6.07, 6.45) is 2.49. The Morgan fingerprint density at radius 1 is 1.40 bits per heavy atom. The first-order valence-corrected chi connectivity index (χ1v) is 5.91. The summed E-state index contributed by atoms with van der Waals surface area (Å²) < 4.78 is 0. The molecule has 0 aromatic heterocycles. The van der Waals surface area contributed by atoms with E-state index in [1.165, 1.54) is 37.2 Å². The molecule has 1 atom stereocenters. The Balaban J connectivity index is 1.97. The predicted octanol–water partition coefficient (Wildman–Crippen LogP) is 1.72. The molecule has 1 unspecified atom stereocenters. The predicted molar refractivity (Wildman–Crippen MR) is 63.5 cm³/mol. The lowest BCUT2D eigenvalue weighted by atomic mass is 10.1. The summed E-state index contributed by atoms with van der Waals surface area (Å²) in [5.41, 5.74) is 4.41. The van der Waals surface area contributed by atoms with Crippen LogP contribution >= 0.6 is 0 Å². The van der Waals surface area contributed by atoms with E-state index in [0.29, 0.717) is 6.04 Å². The molecular weight excluding hydrogens is 184 g/mol. The van der Waals surface area contributed by atoms with Gasteiger partial charge < -0.3 is 10.2 Å². The van der Waals surface area contributed by atoms with Crippen molar-refractivity contribution in [2.45, 2.75) is 25.8 Å². The molecular formula is C13H18N2. The third-order valence-electron chi connectivity index (χ3n) is 3.57. The van der Waals surface area contributed by atoms with E-state index in [-0.39, 0.29) is 0 Å². The second-order valence-corrected chi connectivity index (χ2v) is 4.74. The average Bonchev–Trinajstić information content (AvgIpc) is 2.42. The molecule has 1 N–H and O–H groups in total. The van der Waals surface area contributed by atoms with Crippen LogP contribution < -0.4 is 10.2 Å². The first kappa shape index (κ1) is 9.22. The van der Waals surface area contributed by atoms with Crippen molar-refractivity contribution in [1.29, 1.82) is 0 Å². The van der Waals surface area contributed by atoms with E-state index in [1.807, 2.05) is 0 Å². The lowest BCUT2D eigenvalue weighted by Gasteiger charge is -2.24. The Hall–Kier alpha value is -1.02. The molecule has 0 spiro atoms. The molecule has 0 amide bonds. The molecule has 2 aliphatic rings. The molecule has 0 radical (unpaired) electrons. The smallest absolute Gasteiger partial charge is 0.0455 e. The minimum atomic E-state index is 0.698. The largest absolute Gasteiger partial charge is 0.367 e. The van der Waals surface area contributed by atoms with Crippen molar-refractivity contribution in [3.8, 4) is 0 Å². The van der Waals surface area contributed by atoms with Crippen LogP contribution in [0.5, 0.6) is 0 Å². The van der Waals surface area contributed by atoms with Crippen molar-refractivity contribution >= 4 is 5.69 Å². The van der Waals surface area contributed by atoms with Crippen LogP contribution in [-0.4, -0.2) is 25.7 Å². The van der Waals surface area contributed by atoms with Crippen molar-refractivity contribution in [2.24, 2.45) is 0 Å². The number of nitrogens with zero attached hydrogens (tertiary/aromatic N) is 1. The van der Waals surface area contributed by atoms with Crippen molar-refractivity contribution in [1.82, 2.24) is 5.32 Å². The van der Waals surface area contributed by atoms with Crippen LogP contribution in [0.15, 0.2) is 18.2 Å². The zero-order valence-corrected chi connectivity index (χ0v) is 9.29. The zero-order chi connectivity index (χ0) is 10.3.